The number of nitrogens with zero attached hydrogens (tertiary/aromatic N) is 3. The summed E-state index contributed by atoms with van der Waals surface area (Å²) in [4.78, 5) is 15.4. The summed E-state index contributed by atoms with van der Waals surface area (Å²) >= 11 is 0. The van der Waals surface area contributed by atoms with E-state index in [1.165, 1.54) is 21.7 Å². The second-order valence-corrected chi connectivity index (χ2v) is 13.2. The van der Waals surface area contributed by atoms with Gasteiger partial charge in [0.05, 0.1) is 33.6 Å². The Morgan fingerprint density at radius 2 is 0.750 bits per heavy atom. The first kappa shape index (κ1) is 29.9. The van der Waals surface area contributed by atoms with Crippen LogP contribution in [0.15, 0.2) is 188 Å². The fourth-order valence-electron chi connectivity index (χ4n) is 7.37. The Labute approximate surface area is 301 Å². The van der Waals surface area contributed by atoms with Gasteiger partial charge in [0.1, 0.15) is 0 Å². The van der Waals surface area contributed by atoms with Crippen LogP contribution in [0.2, 0.25) is 0 Å². The molecule has 0 spiro atoms. The zero-order valence-electron chi connectivity index (χ0n) is 28.2. The Kier molecular flexibility index (Phi) is 7.14. The van der Waals surface area contributed by atoms with Crippen LogP contribution in [-0.2, 0) is 0 Å². The molecular weight excluding hydrogens is 631 g/mol. The molecule has 0 bridgehead atoms. The highest BCUT2D eigenvalue weighted by Crippen LogP contribution is 2.38. The van der Waals surface area contributed by atoms with E-state index < -0.39 is 0 Å². The maximum absolute atomic E-state index is 5.16. The van der Waals surface area contributed by atoms with E-state index in [0.29, 0.717) is 0 Å². The lowest BCUT2D eigenvalue weighted by Gasteiger charge is -2.14. The fourth-order valence-corrected chi connectivity index (χ4v) is 7.37. The van der Waals surface area contributed by atoms with E-state index in [1.807, 2.05) is 24.3 Å². The van der Waals surface area contributed by atoms with Crippen LogP contribution >= 0.6 is 0 Å². The Bertz CT molecular complexity index is 2920. The Hall–Kier alpha value is -6.97. The van der Waals surface area contributed by atoms with Crippen molar-refractivity contribution in [1.29, 1.82) is 0 Å². The number of hydrogen-bond acceptors (Lipinski definition) is 3. The van der Waals surface area contributed by atoms with Crippen molar-refractivity contribution >= 4 is 43.5 Å². The van der Waals surface area contributed by atoms with E-state index in [-0.39, 0.29) is 0 Å². The SMILES string of the molecule is c1ccc(-c2cc(-c3ccc(-c4ccc(-c5ccc6ccc7ccc(-c8ccccc8)nc7c6n5)cc4)cc3)c3c(ccc4ccccc43)n2)cc1. The van der Waals surface area contributed by atoms with Crippen molar-refractivity contribution in [3.05, 3.63) is 188 Å². The molecule has 10 rings (SSSR count). The monoisotopic (exact) mass is 661 g/mol. The number of aromatic nitrogens is 3. The van der Waals surface area contributed by atoms with E-state index in [0.717, 1.165) is 77.8 Å². The molecule has 0 saturated carbocycles. The molecule has 242 valence electrons. The smallest absolute Gasteiger partial charge is 0.0972 e. The average molecular weight is 662 g/mol. The molecule has 0 aliphatic heterocycles. The molecule has 52 heavy (non-hydrogen) atoms. The lowest BCUT2D eigenvalue weighted by atomic mass is 9.93. The maximum Gasteiger partial charge on any atom is 0.0972 e. The van der Waals surface area contributed by atoms with Gasteiger partial charge in [0, 0.05) is 32.8 Å². The van der Waals surface area contributed by atoms with Gasteiger partial charge in [-0.25, -0.2) is 15.0 Å². The third kappa shape index (κ3) is 5.28. The molecule has 0 aliphatic carbocycles. The molecule has 7 aromatic carbocycles. The van der Waals surface area contributed by atoms with Gasteiger partial charge in [0.25, 0.3) is 0 Å². The van der Waals surface area contributed by atoms with Crippen molar-refractivity contribution in [1.82, 2.24) is 15.0 Å². The minimum absolute atomic E-state index is 0.916. The first-order valence-electron chi connectivity index (χ1n) is 17.6. The average Bonchev–Trinajstić information content (AvgIpc) is 3.23. The molecule has 0 N–H and O–H groups in total. The van der Waals surface area contributed by atoms with E-state index in [2.05, 4.69) is 164 Å². The summed E-state index contributed by atoms with van der Waals surface area (Å²) in [6.07, 6.45) is 0. The van der Waals surface area contributed by atoms with E-state index >= 15 is 0 Å². The second kappa shape index (κ2) is 12.4. The van der Waals surface area contributed by atoms with Crippen LogP contribution in [0.25, 0.3) is 99.5 Å². The summed E-state index contributed by atoms with van der Waals surface area (Å²) < 4.78 is 0. The van der Waals surface area contributed by atoms with Crippen LogP contribution in [0.3, 0.4) is 0 Å². The predicted molar refractivity (Wildman–Crippen MR) is 217 cm³/mol. The number of hydrogen-bond donors (Lipinski definition) is 0. The molecule has 0 saturated heterocycles. The summed E-state index contributed by atoms with van der Waals surface area (Å²) in [6, 6.07) is 66.2. The third-order valence-corrected chi connectivity index (χ3v) is 10.1. The number of rotatable bonds is 5. The number of pyridine rings is 3. The fraction of sp³-hybridized carbons (Fsp3) is 0. The molecule has 3 aromatic heterocycles. The molecule has 10 aromatic rings. The Morgan fingerprint density at radius 3 is 1.37 bits per heavy atom. The zero-order valence-corrected chi connectivity index (χ0v) is 28.2. The predicted octanol–water partition coefficient (Wildman–Crippen LogP) is 12.8. The van der Waals surface area contributed by atoms with Gasteiger partial charge < -0.3 is 0 Å². The highest BCUT2D eigenvalue weighted by molar-refractivity contribution is 6.14. The first-order valence-corrected chi connectivity index (χ1v) is 17.6. The summed E-state index contributed by atoms with van der Waals surface area (Å²) in [6.45, 7) is 0. The van der Waals surface area contributed by atoms with Crippen LogP contribution in [0.5, 0.6) is 0 Å². The van der Waals surface area contributed by atoms with Gasteiger partial charge in [-0.3, -0.25) is 0 Å². The molecule has 0 atom stereocenters. The number of fused-ring (bicyclic) bond motifs is 6. The van der Waals surface area contributed by atoms with Crippen LogP contribution in [0, 0.1) is 0 Å². The highest BCUT2D eigenvalue weighted by Gasteiger charge is 2.14. The van der Waals surface area contributed by atoms with Gasteiger partial charge in [-0.05, 0) is 57.3 Å². The van der Waals surface area contributed by atoms with Crippen molar-refractivity contribution in [2.45, 2.75) is 0 Å². The topological polar surface area (TPSA) is 38.7 Å². The molecule has 0 aliphatic rings. The van der Waals surface area contributed by atoms with Gasteiger partial charge in [0.15, 0.2) is 0 Å². The lowest BCUT2D eigenvalue weighted by molar-refractivity contribution is 1.36. The quantitative estimate of drug-likeness (QED) is 0.172. The summed E-state index contributed by atoms with van der Waals surface area (Å²) in [5, 5.41) is 5.77. The minimum Gasteiger partial charge on any atom is -0.248 e. The van der Waals surface area contributed by atoms with Gasteiger partial charge in [-0.15, -0.1) is 0 Å². The summed E-state index contributed by atoms with van der Waals surface area (Å²) in [7, 11) is 0. The van der Waals surface area contributed by atoms with E-state index in [1.54, 1.807) is 0 Å². The standard InChI is InChI=1S/C49H31N3/c1-3-10-36(11-4-1)43-28-26-39-23-24-40-27-29-44(52-49(40)48(39)51-43)38-21-17-33(18-22-38)32-15-19-35(20-16-32)42-31-46(37-12-5-2-6-13-37)50-45-30-25-34-9-7-8-14-41(34)47(42)45/h1-31H. The van der Waals surface area contributed by atoms with Gasteiger partial charge in [0.2, 0.25) is 0 Å². The Morgan fingerprint density at radius 1 is 0.288 bits per heavy atom. The normalized spacial score (nSPS) is 11.5. The molecule has 0 radical (unpaired) electrons. The number of benzene rings is 7. The van der Waals surface area contributed by atoms with Gasteiger partial charge in [-0.2, -0.15) is 0 Å². The molecule has 0 amide bonds. The van der Waals surface area contributed by atoms with Gasteiger partial charge >= 0.3 is 0 Å². The van der Waals surface area contributed by atoms with E-state index in [9.17, 15) is 0 Å². The lowest BCUT2D eigenvalue weighted by Crippen LogP contribution is -1.91. The van der Waals surface area contributed by atoms with Crippen LogP contribution in [0.4, 0.5) is 0 Å². The maximum atomic E-state index is 5.16. The summed E-state index contributed by atoms with van der Waals surface area (Å²) in [5.74, 6) is 0. The molecule has 0 fully saturated rings. The van der Waals surface area contributed by atoms with Gasteiger partial charge in [-0.1, -0.05) is 164 Å². The second-order valence-electron chi connectivity index (χ2n) is 13.2. The minimum atomic E-state index is 0.916. The van der Waals surface area contributed by atoms with Crippen LogP contribution < -0.4 is 0 Å². The molecule has 3 nitrogen and oxygen atoms in total. The largest absolute Gasteiger partial charge is 0.248 e. The van der Waals surface area contributed by atoms with Crippen molar-refractivity contribution in [3.8, 4) is 56.0 Å². The van der Waals surface area contributed by atoms with Crippen LogP contribution in [-0.4, -0.2) is 15.0 Å². The Balaban J connectivity index is 1.00. The molecule has 3 heterocycles. The highest BCUT2D eigenvalue weighted by atomic mass is 14.8. The summed E-state index contributed by atoms with van der Waals surface area (Å²) in [5.41, 5.74) is 13.6. The van der Waals surface area contributed by atoms with Crippen LogP contribution in [0.1, 0.15) is 0 Å². The van der Waals surface area contributed by atoms with Crippen molar-refractivity contribution in [2.24, 2.45) is 0 Å². The van der Waals surface area contributed by atoms with Crippen molar-refractivity contribution in [2.75, 3.05) is 0 Å². The zero-order chi connectivity index (χ0) is 34.4. The van der Waals surface area contributed by atoms with Crippen molar-refractivity contribution < 1.29 is 0 Å². The van der Waals surface area contributed by atoms with E-state index in [4.69, 9.17) is 15.0 Å². The molecule has 3 heteroatoms. The molecular formula is C49H31N3. The third-order valence-electron chi connectivity index (χ3n) is 10.1. The van der Waals surface area contributed by atoms with Crippen molar-refractivity contribution in [3.63, 3.8) is 0 Å². The molecule has 0 unspecified atom stereocenters. The first-order chi connectivity index (χ1) is 25.7.